The lowest BCUT2D eigenvalue weighted by Crippen LogP contribution is -2.53. The van der Waals surface area contributed by atoms with Crippen LogP contribution in [0, 0.1) is 0 Å². The van der Waals surface area contributed by atoms with Crippen LogP contribution in [0.15, 0.2) is 12.2 Å². The third kappa shape index (κ3) is 46.0. The molecule has 0 aliphatic rings. The van der Waals surface area contributed by atoms with Crippen molar-refractivity contribution in [2.75, 3.05) is 6.61 Å². The van der Waals surface area contributed by atoms with Gasteiger partial charge in [0.1, 0.15) is 12.2 Å². The number of hydrogen-bond donors (Lipinski definition) is 5. The minimum atomic E-state index is -1.28. The summed E-state index contributed by atoms with van der Waals surface area (Å²) >= 11 is 0. The van der Waals surface area contributed by atoms with Gasteiger partial charge in [0.15, 0.2) is 0 Å². The number of aliphatic hydroxyl groups excluding tert-OH is 4. The first-order valence-corrected chi connectivity index (χ1v) is 28.6. The van der Waals surface area contributed by atoms with E-state index in [0.717, 1.165) is 38.5 Å². The second kappa shape index (κ2) is 52.0. The molecule has 63 heavy (non-hydrogen) atoms. The molecule has 6 nitrogen and oxygen atoms in total. The molecular weight excluding hydrogens is 779 g/mol. The predicted molar refractivity (Wildman–Crippen MR) is 275 cm³/mol. The molecule has 0 saturated carbocycles. The number of aliphatic hydroxyl groups is 4. The minimum Gasteiger partial charge on any atom is -0.394 e. The molecular formula is C57H113NO5. The third-order valence-electron chi connectivity index (χ3n) is 13.7. The SMILES string of the molecule is CCCCCCCCCCCCCCCCCCCCC/C=C/CCCC(O)C(O)C(CO)NC(=O)C(O)CCCCCCCCCCCCCCCCCCCCCCCCC. The molecule has 6 heteroatoms. The highest BCUT2D eigenvalue weighted by Gasteiger charge is 2.28. The molecule has 1 amide bonds. The van der Waals surface area contributed by atoms with Crippen LogP contribution in [-0.4, -0.2) is 57.3 Å². The monoisotopic (exact) mass is 892 g/mol. The second-order valence-corrected chi connectivity index (χ2v) is 20.0. The lowest BCUT2D eigenvalue weighted by Gasteiger charge is -2.27. The van der Waals surface area contributed by atoms with Crippen LogP contribution < -0.4 is 5.32 Å². The number of rotatable bonds is 53. The Kier molecular flexibility index (Phi) is 51.2. The molecule has 0 aromatic rings. The zero-order chi connectivity index (χ0) is 45.9. The van der Waals surface area contributed by atoms with E-state index in [9.17, 15) is 25.2 Å². The summed E-state index contributed by atoms with van der Waals surface area (Å²) in [5.74, 6) is -0.586. The summed E-state index contributed by atoms with van der Waals surface area (Å²) in [6.45, 7) is 4.09. The van der Waals surface area contributed by atoms with E-state index in [0.29, 0.717) is 12.8 Å². The molecule has 0 saturated heterocycles. The maximum Gasteiger partial charge on any atom is 0.249 e. The standard InChI is InChI=1S/C57H113NO5/c1-3-5-7-9-11-13-15-17-19-21-23-25-27-29-30-32-34-36-38-40-42-44-46-48-50-54(60)56(62)53(52-59)58-57(63)55(61)51-49-47-45-43-41-39-37-35-33-31-28-26-24-22-20-18-16-14-12-10-8-6-4-2/h42,44,53-56,59-62H,3-41,43,45-52H2,1-2H3,(H,58,63)/b44-42+. The van der Waals surface area contributed by atoms with Crippen LogP contribution >= 0.6 is 0 Å². The quantitative estimate of drug-likeness (QED) is 0.0309. The second-order valence-electron chi connectivity index (χ2n) is 20.0. The third-order valence-corrected chi connectivity index (χ3v) is 13.7. The molecule has 0 aliphatic carbocycles. The summed E-state index contributed by atoms with van der Waals surface area (Å²) in [6.07, 6.45) is 61.4. The average molecular weight is 893 g/mol. The van der Waals surface area contributed by atoms with E-state index in [1.807, 2.05) is 0 Å². The highest BCUT2D eigenvalue weighted by atomic mass is 16.3. The number of hydrogen-bond acceptors (Lipinski definition) is 5. The van der Waals surface area contributed by atoms with Gasteiger partial charge < -0.3 is 25.7 Å². The Bertz CT molecular complexity index is 913. The van der Waals surface area contributed by atoms with Crippen molar-refractivity contribution in [3.8, 4) is 0 Å². The van der Waals surface area contributed by atoms with E-state index in [4.69, 9.17) is 0 Å². The number of amides is 1. The molecule has 4 unspecified atom stereocenters. The maximum atomic E-state index is 12.6. The van der Waals surface area contributed by atoms with Crippen LogP contribution in [0.1, 0.15) is 316 Å². The summed E-state index contributed by atoms with van der Waals surface area (Å²) in [6, 6.07) is -0.999. The van der Waals surface area contributed by atoms with Crippen LogP contribution in [0.25, 0.3) is 0 Å². The molecule has 0 rings (SSSR count). The molecule has 5 N–H and O–H groups in total. The van der Waals surface area contributed by atoms with Gasteiger partial charge in [-0.2, -0.15) is 0 Å². The van der Waals surface area contributed by atoms with Gasteiger partial charge in [-0.25, -0.2) is 0 Å². The van der Waals surface area contributed by atoms with Crippen molar-refractivity contribution in [3.63, 3.8) is 0 Å². The Labute approximate surface area is 393 Å². The molecule has 0 bridgehead atoms. The molecule has 0 aromatic heterocycles. The van der Waals surface area contributed by atoms with E-state index in [1.54, 1.807) is 0 Å². The average Bonchev–Trinajstić information content (AvgIpc) is 3.29. The van der Waals surface area contributed by atoms with Crippen LogP contribution in [0.5, 0.6) is 0 Å². The van der Waals surface area contributed by atoms with Gasteiger partial charge in [0, 0.05) is 0 Å². The van der Waals surface area contributed by atoms with Gasteiger partial charge >= 0.3 is 0 Å². The zero-order valence-corrected chi connectivity index (χ0v) is 42.6. The van der Waals surface area contributed by atoms with Gasteiger partial charge in [0.05, 0.1) is 18.8 Å². The summed E-state index contributed by atoms with van der Waals surface area (Å²) in [7, 11) is 0. The largest absolute Gasteiger partial charge is 0.394 e. The van der Waals surface area contributed by atoms with E-state index >= 15 is 0 Å². The van der Waals surface area contributed by atoms with Gasteiger partial charge in [-0.05, 0) is 38.5 Å². The Balaban J connectivity index is 3.63. The first kappa shape index (κ1) is 62.1. The van der Waals surface area contributed by atoms with Crippen molar-refractivity contribution in [2.45, 2.75) is 340 Å². The fourth-order valence-electron chi connectivity index (χ4n) is 9.23. The van der Waals surface area contributed by atoms with Crippen molar-refractivity contribution in [1.82, 2.24) is 5.32 Å². The molecule has 0 aromatic carbocycles. The van der Waals surface area contributed by atoms with E-state index in [2.05, 4.69) is 31.3 Å². The van der Waals surface area contributed by atoms with Gasteiger partial charge in [0.25, 0.3) is 0 Å². The Morgan fingerprint density at radius 3 is 0.952 bits per heavy atom. The van der Waals surface area contributed by atoms with Crippen molar-refractivity contribution in [3.05, 3.63) is 12.2 Å². The molecule has 4 atom stereocenters. The summed E-state index contributed by atoms with van der Waals surface area (Å²) in [4.78, 5) is 12.6. The number of carbonyl (C=O) groups excluding carboxylic acids is 1. The number of carbonyl (C=O) groups is 1. The fraction of sp³-hybridized carbons (Fsp3) is 0.947. The van der Waals surface area contributed by atoms with Crippen molar-refractivity contribution >= 4 is 5.91 Å². The zero-order valence-electron chi connectivity index (χ0n) is 42.6. The van der Waals surface area contributed by atoms with Crippen LogP contribution in [0.3, 0.4) is 0 Å². The van der Waals surface area contributed by atoms with E-state index in [1.165, 1.54) is 250 Å². The lowest BCUT2D eigenvalue weighted by molar-refractivity contribution is -0.132. The van der Waals surface area contributed by atoms with Crippen LogP contribution in [0.4, 0.5) is 0 Å². The lowest BCUT2D eigenvalue weighted by atomic mass is 10.00. The predicted octanol–water partition coefficient (Wildman–Crippen LogP) is 16.5. The van der Waals surface area contributed by atoms with E-state index in [-0.39, 0.29) is 0 Å². The molecule has 0 fully saturated rings. The van der Waals surface area contributed by atoms with Crippen molar-refractivity contribution in [2.24, 2.45) is 0 Å². The van der Waals surface area contributed by atoms with Gasteiger partial charge in [-0.15, -0.1) is 0 Å². The molecule has 0 heterocycles. The number of allylic oxidation sites excluding steroid dienone is 2. The van der Waals surface area contributed by atoms with Crippen LogP contribution in [-0.2, 0) is 4.79 Å². The summed E-state index contributed by atoms with van der Waals surface area (Å²) in [5, 5.41) is 44.0. The van der Waals surface area contributed by atoms with Crippen molar-refractivity contribution < 1.29 is 25.2 Å². The normalized spacial score (nSPS) is 13.8. The topological polar surface area (TPSA) is 110 Å². The van der Waals surface area contributed by atoms with Gasteiger partial charge in [0.2, 0.25) is 5.91 Å². The minimum absolute atomic E-state index is 0.369. The number of unbranched alkanes of at least 4 members (excludes halogenated alkanes) is 42. The van der Waals surface area contributed by atoms with Gasteiger partial charge in [-0.3, -0.25) is 4.79 Å². The highest BCUT2D eigenvalue weighted by Crippen LogP contribution is 2.18. The molecule has 0 aliphatic heterocycles. The highest BCUT2D eigenvalue weighted by molar-refractivity contribution is 5.80. The number of nitrogens with one attached hydrogen (secondary N) is 1. The maximum absolute atomic E-state index is 12.6. The Hall–Kier alpha value is -0.950. The molecule has 376 valence electrons. The fourth-order valence-corrected chi connectivity index (χ4v) is 9.23. The first-order chi connectivity index (χ1) is 31.0. The first-order valence-electron chi connectivity index (χ1n) is 28.6. The molecule has 0 radical (unpaired) electrons. The van der Waals surface area contributed by atoms with Crippen molar-refractivity contribution in [1.29, 1.82) is 0 Å². The Morgan fingerprint density at radius 1 is 0.381 bits per heavy atom. The molecule has 0 spiro atoms. The smallest absolute Gasteiger partial charge is 0.249 e. The van der Waals surface area contributed by atoms with Crippen LogP contribution in [0.2, 0.25) is 0 Å². The summed E-state index contributed by atoms with van der Waals surface area (Å²) < 4.78 is 0. The van der Waals surface area contributed by atoms with E-state index < -0.39 is 36.9 Å². The van der Waals surface area contributed by atoms with Gasteiger partial charge in [-0.1, -0.05) is 289 Å². The Morgan fingerprint density at radius 2 is 0.651 bits per heavy atom. The summed E-state index contributed by atoms with van der Waals surface area (Å²) in [5.41, 5.74) is 0.